The van der Waals surface area contributed by atoms with Gasteiger partial charge in [-0.15, -0.1) is 0 Å². The van der Waals surface area contributed by atoms with Gasteiger partial charge in [-0.2, -0.15) is 0 Å². The molecule has 0 aliphatic rings. The summed E-state index contributed by atoms with van der Waals surface area (Å²) in [6.07, 6.45) is -0.888. The van der Waals surface area contributed by atoms with Crippen LogP contribution in [0.1, 0.15) is 10.4 Å². The van der Waals surface area contributed by atoms with Gasteiger partial charge in [0, 0.05) is 14.2 Å². The number of ether oxygens (including phenoxy) is 3. The van der Waals surface area contributed by atoms with E-state index in [0.717, 1.165) is 0 Å². The third kappa shape index (κ3) is 2.55. The van der Waals surface area contributed by atoms with Crippen LogP contribution in [0.2, 0.25) is 0 Å². The van der Waals surface area contributed by atoms with Crippen molar-refractivity contribution in [2.45, 2.75) is 6.29 Å². The molecule has 0 bridgehead atoms. The number of carbonyl (C=O) groups is 1. The summed E-state index contributed by atoms with van der Waals surface area (Å²) in [5, 5.41) is 0. The zero-order valence-electron chi connectivity index (χ0n) is 9.02. The predicted octanol–water partition coefficient (Wildman–Crippen LogP) is 1.50. The summed E-state index contributed by atoms with van der Waals surface area (Å²) in [7, 11) is 4.35. The molecule has 0 unspecified atom stereocenters. The number of Topliss-reactive ketones (excluding diaryl/α,β-unsaturated/α-hetero) is 1. The van der Waals surface area contributed by atoms with Gasteiger partial charge in [-0.05, 0) is 12.1 Å². The highest BCUT2D eigenvalue weighted by molar-refractivity contribution is 6.01. The summed E-state index contributed by atoms with van der Waals surface area (Å²) in [6, 6.07) is 6.95. The minimum Gasteiger partial charge on any atom is -0.496 e. The zero-order valence-corrected chi connectivity index (χ0v) is 9.02. The summed E-state index contributed by atoms with van der Waals surface area (Å²) in [6.45, 7) is 0. The van der Waals surface area contributed by atoms with E-state index in [9.17, 15) is 4.79 Å². The molecule has 0 saturated carbocycles. The fourth-order valence-electron chi connectivity index (χ4n) is 1.29. The van der Waals surface area contributed by atoms with Crippen molar-refractivity contribution in [3.63, 3.8) is 0 Å². The van der Waals surface area contributed by atoms with Gasteiger partial charge in [0.25, 0.3) is 0 Å². The first-order chi connectivity index (χ1) is 7.24. The molecule has 82 valence electrons. The molecule has 1 aromatic carbocycles. The van der Waals surface area contributed by atoms with Crippen LogP contribution in [0.5, 0.6) is 5.75 Å². The average Bonchev–Trinajstić information content (AvgIpc) is 2.30. The quantitative estimate of drug-likeness (QED) is 0.545. The van der Waals surface area contributed by atoms with Crippen LogP contribution in [0, 0.1) is 0 Å². The highest BCUT2D eigenvalue weighted by Crippen LogP contribution is 2.19. The number of hydrogen-bond acceptors (Lipinski definition) is 4. The molecule has 4 heteroatoms. The van der Waals surface area contributed by atoms with Crippen LogP contribution >= 0.6 is 0 Å². The molecule has 0 radical (unpaired) electrons. The van der Waals surface area contributed by atoms with Crippen LogP contribution in [0.25, 0.3) is 0 Å². The highest BCUT2D eigenvalue weighted by atomic mass is 16.7. The maximum absolute atomic E-state index is 11.9. The van der Waals surface area contributed by atoms with Gasteiger partial charge in [-0.3, -0.25) is 4.79 Å². The fraction of sp³-hybridized carbons (Fsp3) is 0.364. The maximum atomic E-state index is 11.9. The van der Waals surface area contributed by atoms with Crippen LogP contribution in [0.4, 0.5) is 0 Å². The van der Waals surface area contributed by atoms with Gasteiger partial charge in [0.05, 0.1) is 12.7 Å². The molecule has 4 nitrogen and oxygen atoms in total. The Kier molecular flexibility index (Phi) is 4.27. The molecule has 0 atom stereocenters. The van der Waals surface area contributed by atoms with Gasteiger partial charge >= 0.3 is 0 Å². The number of methoxy groups -OCH3 is 3. The van der Waals surface area contributed by atoms with E-state index in [1.165, 1.54) is 21.3 Å². The first kappa shape index (κ1) is 11.7. The van der Waals surface area contributed by atoms with Crippen LogP contribution < -0.4 is 4.74 Å². The molecule has 0 fully saturated rings. The molecular weight excluding hydrogens is 196 g/mol. The van der Waals surface area contributed by atoms with Gasteiger partial charge < -0.3 is 14.2 Å². The summed E-state index contributed by atoms with van der Waals surface area (Å²) >= 11 is 0. The molecule has 0 aromatic heterocycles. The second kappa shape index (κ2) is 5.48. The zero-order chi connectivity index (χ0) is 11.3. The maximum Gasteiger partial charge on any atom is 0.222 e. The number of hydrogen-bond donors (Lipinski definition) is 0. The lowest BCUT2D eigenvalue weighted by Gasteiger charge is -2.13. The van der Waals surface area contributed by atoms with Crippen molar-refractivity contribution in [2.75, 3.05) is 21.3 Å². The number of para-hydroxylation sites is 1. The summed E-state index contributed by atoms with van der Waals surface area (Å²) in [4.78, 5) is 11.9. The van der Waals surface area contributed by atoms with E-state index in [-0.39, 0.29) is 5.78 Å². The SMILES string of the molecule is COc1ccccc1C(=O)C(OC)OC. The molecule has 0 spiro atoms. The van der Waals surface area contributed by atoms with Crippen LogP contribution in [-0.4, -0.2) is 33.4 Å². The third-order valence-electron chi connectivity index (χ3n) is 2.01. The van der Waals surface area contributed by atoms with Gasteiger partial charge in [-0.25, -0.2) is 0 Å². The second-order valence-corrected chi connectivity index (χ2v) is 2.87. The first-order valence-corrected chi connectivity index (χ1v) is 4.47. The monoisotopic (exact) mass is 210 g/mol. The van der Waals surface area contributed by atoms with E-state index >= 15 is 0 Å². The molecule has 0 saturated heterocycles. The average molecular weight is 210 g/mol. The van der Waals surface area contributed by atoms with Crippen molar-refractivity contribution in [3.8, 4) is 5.75 Å². The standard InChI is InChI=1S/C11H14O4/c1-13-9-7-5-4-6-8(9)10(12)11(14-2)15-3/h4-7,11H,1-3H3. The minimum absolute atomic E-state index is 0.252. The number of rotatable bonds is 5. The molecule has 1 rings (SSSR count). The van der Waals surface area contributed by atoms with Crippen molar-refractivity contribution in [3.05, 3.63) is 29.8 Å². The Hall–Kier alpha value is -1.39. The van der Waals surface area contributed by atoms with Crippen LogP contribution in [0.3, 0.4) is 0 Å². The number of carbonyl (C=O) groups excluding carboxylic acids is 1. The van der Waals surface area contributed by atoms with Crippen LogP contribution in [0.15, 0.2) is 24.3 Å². The normalized spacial score (nSPS) is 10.4. The second-order valence-electron chi connectivity index (χ2n) is 2.87. The summed E-state index contributed by atoms with van der Waals surface area (Å²) in [5.74, 6) is 0.263. The lowest BCUT2D eigenvalue weighted by atomic mass is 10.1. The van der Waals surface area contributed by atoms with Gasteiger partial charge in [0.2, 0.25) is 12.1 Å². The Morgan fingerprint density at radius 2 is 1.73 bits per heavy atom. The van der Waals surface area contributed by atoms with Crippen molar-refractivity contribution < 1.29 is 19.0 Å². The molecule has 0 heterocycles. The number of benzene rings is 1. The van der Waals surface area contributed by atoms with E-state index < -0.39 is 6.29 Å². The third-order valence-corrected chi connectivity index (χ3v) is 2.01. The van der Waals surface area contributed by atoms with Crippen molar-refractivity contribution in [1.29, 1.82) is 0 Å². The molecule has 15 heavy (non-hydrogen) atoms. The fourth-order valence-corrected chi connectivity index (χ4v) is 1.29. The summed E-state index contributed by atoms with van der Waals surface area (Å²) < 4.78 is 14.8. The minimum atomic E-state index is -0.888. The van der Waals surface area contributed by atoms with Gasteiger partial charge in [0.1, 0.15) is 5.75 Å². The Morgan fingerprint density at radius 1 is 1.13 bits per heavy atom. The van der Waals surface area contributed by atoms with Crippen LogP contribution in [-0.2, 0) is 9.47 Å². The predicted molar refractivity (Wildman–Crippen MR) is 55.1 cm³/mol. The summed E-state index contributed by atoms with van der Waals surface area (Å²) in [5.41, 5.74) is 0.453. The number of ketones is 1. The Morgan fingerprint density at radius 3 is 2.27 bits per heavy atom. The molecule has 1 aromatic rings. The van der Waals surface area contributed by atoms with Crippen molar-refractivity contribution >= 4 is 5.78 Å². The molecule has 0 aliphatic carbocycles. The lowest BCUT2D eigenvalue weighted by molar-refractivity contribution is -0.0743. The lowest BCUT2D eigenvalue weighted by Crippen LogP contribution is -2.25. The largest absolute Gasteiger partial charge is 0.496 e. The first-order valence-electron chi connectivity index (χ1n) is 4.47. The van der Waals surface area contributed by atoms with E-state index in [1.54, 1.807) is 24.3 Å². The molecule has 0 amide bonds. The topological polar surface area (TPSA) is 44.8 Å². The Bertz CT molecular complexity index is 331. The molecular formula is C11H14O4. The van der Waals surface area contributed by atoms with E-state index in [4.69, 9.17) is 14.2 Å². The van der Waals surface area contributed by atoms with E-state index in [2.05, 4.69) is 0 Å². The van der Waals surface area contributed by atoms with Gasteiger partial charge in [-0.1, -0.05) is 12.1 Å². The van der Waals surface area contributed by atoms with E-state index in [0.29, 0.717) is 11.3 Å². The molecule has 0 aliphatic heterocycles. The van der Waals surface area contributed by atoms with Gasteiger partial charge in [0.15, 0.2) is 0 Å². The van der Waals surface area contributed by atoms with E-state index in [1.807, 2.05) is 0 Å². The Balaban J connectivity index is 2.99. The Labute approximate surface area is 88.8 Å². The molecule has 0 N–H and O–H groups in total. The smallest absolute Gasteiger partial charge is 0.222 e. The van der Waals surface area contributed by atoms with Crippen molar-refractivity contribution in [1.82, 2.24) is 0 Å². The van der Waals surface area contributed by atoms with Crippen molar-refractivity contribution in [2.24, 2.45) is 0 Å². The highest BCUT2D eigenvalue weighted by Gasteiger charge is 2.21.